The van der Waals surface area contributed by atoms with Gasteiger partial charge in [0.1, 0.15) is 5.78 Å². The molecule has 2 fully saturated rings. The lowest BCUT2D eigenvalue weighted by Gasteiger charge is -2.60. The number of ketones is 1. The van der Waals surface area contributed by atoms with Crippen molar-refractivity contribution in [3.8, 4) is 0 Å². The Kier molecular flexibility index (Phi) is 4.20. The van der Waals surface area contributed by atoms with E-state index >= 15 is 0 Å². The van der Waals surface area contributed by atoms with E-state index in [0.717, 1.165) is 12.0 Å². The number of carbonyl (C=O) groups excluding carboxylic acids is 1. The monoisotopic (exact) mass is 318 g/mol. The van der Waals surface area contributed by atoms with E-state index in [4.69, 9.17) is 4.42 Å². The second-order valence-corrected chi connectivity index (χ2v) is 8.63. The van der Waals surface area contributed by atoms with Crippen molar-refractivity contribution in [2.75, 3.05) is 0 Å². The lowest BCUT2D eigenvalue weighted by Crippen LogP contribution is -2.54. The molecule has 1 N–H and O–H groups in total. The van der Waals surface area contributed by atoms with Gasteiger partial charge in [0.25, 0.3) is 0 Å². The maximum atomic E-state index is 12.3. The quantitative estimate of drug-likeness (QED) is 0.874. The molecule has 1 aromatic heterocycles. The van der Waals surface area contributed by atoms with Crippen LogP contribution in [0.25, 0.3) is 0 Å². The maximum absolute atomic E-state index is 12.3. The molecule has 0 bridgehead atoms. The van der Waals surface area contributed by atoms with Gasteiger partial charge in [0.15, 0.2) is 0 Å². The average molecular weight is 318 g/mol. The number of hydrogen-bond donors (Lipinski definition) is 1. The van der Waals surface area contributed by atoms with Gasteiger partial charge in [0.05, 0.1) is 18.6 Å². The molecule has 1 heterocycles. The first-order valence-electron chi connectivity index (χ1n) is 8.99. The molecule has 6 atom stereocenters. The molecule has 128 valence electrons. The minimum absolute atomic E-state index is 0.0198. The summed E-state index contributed by atoms with van der Waals surface area (Å²) in [6.45, 7) is 9.22. The van der Waals surface area contributed by atoms with Crippen LogP contribution in [0.15, 0.2) is 23.0 Å². The van der Waals surface area contributed by atoms with Gasteiger partial charge in [-0.15, -0.1) is 0 Å². The molecule has 0 spiro atoms. The normalized spacial score (nSPS) is 42.3. The van der Waals surface area contributed by atoms with E-state index in [1.54, 1.807) is 12.5 Å². The van der Waals surface area contributed by atoms with Gasteiger partial charge in [-0.2, -0.15) is 0 Å². The predicted molar refractivity (Wildman–Crippen MR) is 89.8 cm³/mol. The molecule has 0 saturated heterocycles. The molecule has 2 aliphatic carbocycles. The summed E-state index contributed by atoms with van der Waals surface area (Å²) in [5.41, 5.74) is 1.04. The van der Waals surface area contributed by atoms with Crippen LogP contribution in [-0.4, -0.2) is 10.9 Å². The van der Waals surface area contributed by atoms with Crippen molar-refractivity contribution in [2.24, 2.45) is 28.6 Å². The van der Waals surface area contributed by atoms with Crippen molar-refractivity contribution >= 4 is 5.78 Å². The Balaban J connectivity index is 1.92. The Labute approximate surface area is 139 Å². The zero-order valence-corrected chi connectivity index (χ0v) is 14.8. The fourth-order valence-corrected chi connectivity index (χ4v) is 5.41. The summed E-state index contributed by atoms with van der Waals surface area (Å²) >= 11 is 0. The molecule has 0 aliphatic heterocycles. The van der Waals surface area contributed by atoms with Crippen LogP contribution in [0.1, 0.15) is 71.5 Å². The van der Waals surface area contributed by atoms with Crippen molar-refractivity contribution in [3.05, 3.63) is 24.2 Å². The van der Waals surface area contributed by atoms with Crippen LogP contribution in [-0.2, 0) is 4.79 Å². The summed E-state index contributed by atoms with van der Waals surface area (Å²) in [4.78, 5) is 12.3. The second-order valence-electron chi connectivity index (χ2n) is 8.63. The van der Waals surface area contributed by atoms with Crippen LogP contribution in [0.2, 0.25) is 0 Å². The molecule has 23 heavy (non-hydrogen) atoms. The Bertz CT molecular complexity index is 563. The zero-order chi connectivity index (χ0) is 16.8. The number of Topliss-reactive ketones (excluding diaryl/α,β-unsaturated/α-hetero) is 1. The molecule has 0 amide bonds. The molecule has 0 radical (unpaired) electrons. The molecule has 3 heteroatoms. The van der Waals surface area contributed by atoms with Crippen molar-refractivity contribution in [1.29, 1.82) is 0 Å². The minimum atomic E-state index is -0.518. The van der Waals surface area contributed by atoms with E-state index in [2.05, 4.69) is 27.7 Å². The molecular formula is C20H30O3. The van der Waals surface area contributed by atoms with Crippen LogP contribution in [0.4, 0.5) is 0 Å². The smallest absolute Gasteiger partial charge is 0.133 e. The number of furan rings is 1. The molecule has 6 unspecified atom stereocenters. The second kappa shape index (κ2) is 5.77. The van der Waals surface area contributed by atoms with E-state index in [9.17, 15) is 9.90 Å². The highest BCUT2D eigenvalue weighted by molar-refractivity contribution is 5.80. The number of fused-ring (bicyclic) bond motifs is 1. The topological polar surface area (TPSA) is 50.4 Å². The van der Waals surface area contributed by atoms with Gasteiger partial charge in [-0.25, -0.2) is 0 Å². The number of hydrogen-bond acceptors (Lipinski definition) is 3. The van der Waals surface area contributed by atoms with Crippen molar-refractivity contribution in [3.63, 3.8) is 0 Å². The molecule has 1 aromatic rings. The highest BCUT2D eigenvalue weighted by Crippen LogP contribution is 2.63. The fourth-order valence-electron chi connectivity index (χ4n) is 5.41. The summed E-state index contributed by atoms with van der Waals surface area (Å²) in [6.07, 6.45) is 7.22. The zero-order valence-electron chi connectivity index (χ0n) is 14.8. The minimum Gasteiger partial charge on any atom is -0.472 e. The molecule has 2 saturated carbocycles. The van der Waals surface area contributed by atoms with Gasteiger partial charge >= 0.3 is 0 Å². The van der Waals surface area contributed by atoms with Gasteiger partial charge in [0, 0.05) is 18.4 Å². The maximum Gasteiger partial charge on any atom is 0.133 e. The highest BCUT2D eigenvalue weighted by Gasteiger charge is 2.56. The SMILES string of the molecule is CC1CC(=O)CC2C1(C)CCC(C)C2(C)CC(O)c1ccoc1. The van der Waals surface area contributed by atoms with E-state index in [0.29, 0.717) is 36.4 Å². The molecular weight excluding hydrogens is 288 g/mol. The lowest BCUT2D eigenvalue weighted by atomic mass is 9.44. The Morgan fingerprint density at radius 1 is 1.30 bits per heavy atom. The van der Waals surface area contributed by atoms with E-state index in [1.807, 2.05) is 6.07 Å². The number of aliphatic hydroxyl groups excluding tert-OH is 1. The van der Waals surface area contributed by atoms with Gasteiger partial charge in [-0.05, 0) is 53.9 Å². The van der Waals surface area contributed by atoms with E-state index in [1.165, 1.54) is 12.8 Å². The summed E-state index contributed by atoms with van der Waals surface area (Å²) in [5.74, 6) is 1.71. The summed E-state index contributed by atoms with van der Waals surface area (Å²) in [7, 11) is 0. The van der Waals surface area contributed by atoms with E-state index < -0.39 is 6.10 Å². The third-order valence-corrected chi connectivity index (χ3v) is 7.49. The van der Waals surface area contributed by atoms with Crippen LogP contribution < -0.4 is 0 Å². The van der Waals surface area contributed by atoms with Crippen LogP contribution >= 0.6 is 0 Å². The summed E-state index contributed by atoms with van der Waals surface area (Å²) < 4.78 is 5.13. The number of carbonyl (C=O) groups is 1. The lowest BCUT2D eigenvalue weighted by molar-refractivity contribution is -0.149. The molecule has 2 aliphatic rings. The third kappa shape index (κ3) is 2.67. The first-order chi connectivity index (χ1) is 10.8. The third-order valence-electron chi connectivity index (χ3n) is 7.49. The Morgan fingerprint density at radius 3 is 2.70 bits per heavy atom. The molecule has 3 rings (SSSR count). The summed E-state index contributed by atoms with van der Waals surface area (Å²) in [6, 6.07) is 1.84. The fraction of sp³-hybridized carbons (Fsp3) is 0.750. The van der Waals surface area contributed by atoms with Crippen LogP contribution in [0.5, 0.6) is 0 Å². The highest BCUT2D eigenvalue weighted by atomic mass is 16.3. The first-order valence-corrected chi connectivity index (χ1v) is 8.99. The standard InChI is InChI=1S/C20H30O3/c1-13-5-7-19(3)14(2)9-16(21)10-18(19)20(13,4)11-17(22)15-6-8-23-12-15/h6,8,12-14,17-18,22H,5,7,9-11H2,1-4H3. The molecule has 3 nitrogen and oxygen atoms in total. The van der Waals surface area contributed by atoms with Crippen LogP contribution in [0.3, 0.4) is 0 Å². The Hall–Kier alpha value is -1.09. The number of rotatable bonds is 3. The van der Waals surface area contributed by atoms with Crippen molar-refractivity contribution < 1.29 is 14.3 Å². The van der Waals surface area contributed by atoms with Gasteiger partial charge < -0.3 is 9.52 Å². The largest absolute Gasteiger partial charge is 0.472 e. The predicted octanol–water partition coefficient (Wildman–Crippen LogP) is 4.76. The van der Waals surface area contributed by atoms with Gasteiger partial charge in [-0.1, -0.05) is 27.7 Å². The Morgan fingerprint density at radius 2 is 2.04 bits per heavy atom. The number of aliphatic hydroxyl groups is 1. The first kappa shape index (κ1) is 16.8. The average Bonchev–Trinajstić information content (AvgIpc) is 3.01. The summed E-state index contributed by atoms with van der Waals surface area (Å²) in [5, 5.41) is 10.7. The van der Waals surface area contributed by atoms with Gasteiger partial charge in [-0.3, -0.25) is 4.79 Å². The van der Waals surface area contributed by atoms with E-state index in [-0.39, 0.29) is 10.8 Å². The van der Waals surface area contributed by atoms with Crippen LogP contribution in [0, 0.1) is 28.6 Å². The van der Waals surface area contributed by atoms with Crippen molar-refractivity contribution in [2.45, 2.75) is 65.9 Å². The molecule has 0 aromatic carbocycles. The van der Waals surface area contributed by atoms with Gasteiger partial charge in [0.2, 0.25) is 0 Å². The van der Waals surface area contributed by atoms with Crippen molar-refractivity contribution in [1.82, 2.24) is 0 Å².